The van der Waals surface area contributed by atoms with Gasteiger partial charge in [-0.25, -0.2) is 0 Å². The van der Waals surface area contributed by atoms with Gasteiger partial charge in [-0.3, -0.25) is 0 Å². The van der Waals surface area contributed by atoms with Crippen LogP contribution in [-0.2, 0) is 0 Å². The van der Waals surface area contributed by atoms with Crippen LogP contribution in [0, 0.1) is 5.92 Å². The molecule has 2 nitrogen and oxygen atoms in total. The summed E-state index contributed by atoms with van der Waals surface area (Å²) in [6.07, 6.45) is 2.63. The van der Waals surface area contributed by atoms with E-state index in [0.29, 0.717) is 5.92 Å². The molecule has 3 heteroatoms. The molecule has 1 aliphatic carbocycles. The normalized spacial score (nSPS) is 17.0. The minimum absolute atomic E-state index is 0.0847. The number of nitrogens with zero attached hydrogens (tertiary/aromatic N) is 1. The second-order valence-corrected chi connectivity index (χ2v) is 6.68. The van der Waals surface area contributed by atoms with Crippen LogP contribution < -0.4 is 10.6 Å². The number of benzene rings is 1. The van der Waals surface area contributed by atoms with Crippen LogP contribution in [-0.4, -0.2) is 12.6 Å². The molecule has 0 amide bonds. The summed E-state index contributed by atoms with van der Waals surface area (Å²) in [6.45, 7) is 7.73. The number of hydrogen-bond acceptors (Lipinski definition) is 2. The first-order chi connectivity index (χ1) is 8.49. The van der Waals surface area contributed by atoms with Gasteiger partial charge in [-0.1, -0.05) is 35.8 Å². The molecule has 0 aliphatic heterocycles. The SMILES string of the molecule is CC(C)CN(c1cc(Br)ccc1C(C)N)C1CC1. The Morgan fingerprint density at radius 3 is 2.50 bits per heavy atom. The van der Waals surface area contributed by atoms with Gasteiger partial charge in [-0.15, -0.1) is 0 Å². The van der Waals surface area contributed by atoms with Crippen molar-refractivity contribution in [2.75, 3.05) is 11.4 Å². The zero-order chi connectivity index (χ0) is 13.3. The van der Waals surface area contributed by atoms with Crippen molar-refractivity contribution < 1.29 is 0 Å². The van der Waals surface area contributed by atoms with Gasteiger partial charge >= 0.3 is 0 Å². The van der Waals surface area contributed by atoms with Crippen LogP contribution in [0.25, 0.3) is 0 Å². The number of anilines is 1. The molecular weight excluding hydrogens is 288 g/mol. The fraction of sp³-hybridized carbons (Fsp3) is 0.600. The van der Waals surface area contributed by atoms with Crippen molar-refractivity contribution in [3.63, 3.8) is 0 Å². The molecule has 100 valence electrons. The molecule has 1 saturated carbocycles. The highest BCUT2D eigenvalue weighted by Gasteiger charge is 2.31. The summed E-state index contributed by atoms with van der Waals surface area (Å²) < 4.78 is 1.14. The fourth-order valence-electron chi connectivity index (χ4n) is 2.37. The van der Waals surface area contributed by atoms with Crippen molar-refractivity contribution in [2.24, 2.45) is 11.7 Å². The van der Waals surface area contributed by atoms with Crippen LogP contribution in [0.3, 0.4) is 0 Å². The van der Waals surface area contributed by atoms with Crippen LogP contribution in [0.5, 0.6) is 0 Å². The van der Waals surface area contributed by atoms with E-state index in [2.05, 4.69) is 59.8 Å². The lowest BCUT2D eigenvalue weighted by atomic mass is 10.0. The number of rotatable bonds is 5. The largest absolute Gasteiger partial charge is 0.368 e. The molecule has 2 rings (SSSR count). The van der Waals surface area contributed by atoms with E-state index in [4.69, 9.17) is 5.73 Å². The number of nitrogens with two attached hydrogens (primary N) is 1. The molecule has 0 saturated heterocycles. The second kappa shape index (κ2) is 5.62. The maximum Gasteiger partial charge on any atom is 0.0428 e. The smallest absolute Gasteiger partial charge is 0.0428 e. The topological polar surface area (TPSA) is 29.3 Å². The molecule has 0 spiro atoms. The first kappa shape index (κ1) is 13.9. The first-order valence-electron chi connectivity index (χ1n) is 6.80. The van der Waals surface area contributed by atoms with Crippen molar-refractivity contribution in [2.45, 2.75) is 45.7 Å². The van der Waals surface area contributed by atoms with Crippen molar-refractivity contribution in [1.82, 2.24) is 0 Å². The van der Waals surface area contributed by atoms with Gasteiger partial charge in [0.25, 0.3) is 0 Å². The van der Waals surface area contributed by atoms with Gasteiger partial charge in [0.2, 0.25) is 0 Å². The first-order valence-corrected chi connectivity index (χ1v) is 7.60. The van der Waals surface area contributed by atoms with E-state index in [1.165, 1.54) is 24.1 Å². The summed E-state index contributed by atoms with van der Waals surface area (Å²) >= 11 is 3.58. The van der Waals surface area contributed by atoms with Crippen molar-refractivity contribution in [3.05, 3.63) is 28.2 Å². The molecule has 1 unspecified atom stereocenters. The molecule has 1 aromatic rings. The molecule has 0 heterocycles. The van der Waals surface area contributed by atoms with E-state index in [1.54, 1.807) is 0 Å². The molecule has 0 radical (unpaired) electrons. The zero-order valence-electron chi connectivity index (χ0n) is 11.5. The van der Waals surface area contributed by atoms with E-state index in [1.807, 2.05) is 0 Å². The van der Waals surface area contributed by atoms with E-state index in [0.717, 1.165) is 17.1 Å². The molecule has 0 aromatic heterocycles. The Hall–Kier alpha value is -0.540. The summed E-state index contributed by atoms with van der Waals surface area (Å²) in [6, 6.07) is 7.27. The summed E-state index contributed by atoms with van der Waals surface area (Å²) in [5.41, 5.74) is 8.68. The Kier molecular flexibility index (Phi) is 4.33. The summed E-state index contributed by atoms with van der Waals surface area (Å²) in [5, 5.41) is 0. The Morgan fingerprint density at radius 1 is 1.33 bits per heavy atom. The van der Waals surface area contributed by atoms with Crippen molar-refractivity contribution in [3.8, 4) is 0 Å². The molecule has 0 bridgehead atoms. The standard InChI is InChI=1S/C15H23BrN2/c1-10(2)9-18(13-5-6-13)15-8-12(16)4-7-14(15)11(3)17/h4,7-8,10-11,13H,5-6,9,17H2,1-3H3. The minimum atomic E-state index is 0.0847. The highest BCUT2D eigenvalue weighted by atomic mass is 79.9. The average Bonchev–Trinajstić information content (AvgIpc) is 3.08. The average molecular weight is 311 g/mol. The Balaban J connectivity index is 2.35. The summed E-state index contributed by atoms with van der Waals surface area (Å²) in [5.74, 6) is 0.672. The van der Waals surface area contributed by atoms with Crippen LogP contribution >= 0.6 is 15.9 Å². The third-order valence-electron chi connectivity index (χ3n) is 3.34. The predicted molar refractivity (Wildman–Crippen MR) is 82.0 cm³/mol. The lowest BCUT2D eigenvalue weighted by Crippen LogP contribution is -2.31. The molecule has 1 aliphatic rings. The highest BCUT2D eigenvalue weighted by Crippen LogP contribution is 2.37. The predicted octanol–water partition coefficient (Wildman–Crippen LogP) is 4.09. The van der Waals surface area contributed by atoms with Gasteiger partial charge in [0.1, 0.15) is 0 Å². The van der Waals surface area contributed by atoms with Crippen LogP contribution in [0.1, 0.15) is 45.2 Å². The maximum atomic E-state index is 6.11. The summed E-state index contributed by atoms with van der Waals surface area (Å²) in [4.78, 5) is 2.55. The van der Waals surface area contributed by atoms with Gasteiger partial charge in [0.05, 0.1) is 0 Å². The maximum absolute atomic E-state index is 6.11. The lowest BCUT2D eigenvalue weighted by Gasteiger charge is -2.30. The third-order valence-corrected chi connectivity index (χ3v) is 3.84. The van der Waals surface area contributed by atoms with E-state index in [9.17, 15) is 0 Å². The van der Waals surface area contributed by atoms with Gasteiger partial charge in [0, 0.05) is 28.8 Å². The van der Waals surface area contributed by atoms with Gasteiger partial charge in [0.15, 0.2) is 0 Å². The zero-order valence-corrected chi connectivity index (χ0v) is 13.1. The van der Waals surface area contributed by atoms with E-state index < -0.39 is 0 Å². The quantitative estimate of drug-likeness (QED) is 0.887. The fourth-order valence-corrected chi connectivity index (χ4v) is 2.72. The van der Waals surface area contributed by atoms with Crippen LogP contribution in [0.15, 0.2) is 22.7 Å². The number of hydrogen-bond donors (Lipinski definition) is 1. The molecule has 18 heavy (non-hydrogen) atoms. The van der Waals surface area contributed by atoms with Gasteiger partial charge < -0.3 is 10.6 Å². The number of halogens is 1. The molecule has 2 N–H and O–H groups in total. The van der Waals surface area contributed by atoms with E-state index in [-0.39, 0.29) is 6.04 Å². The molecule has 1 atom stereocenters. The van der Waals surface area contributed by atoms with Crippen LogP contribution in [0.2, 0.25) is 0 Å². The Morgan fingerprint density at radius 2 is 2.00 bits per heavy atom. The molecule has 1 aromatic carbocycles. The monoisotopic (exact) mass is 310 g/mol. The second-order valence-electron chi connectivity index (χ2n) is 5.77. The van der Waals surface area contributed by atoms with Crippen molar-refractivity contribution in [1.29, 1.82) is 0 Å². The minimum Gasteiger partial charge on any atom is -0.368 e. The molecular formula is C15H23BrN2. The van der Waals surface area contributed by atoms with Crippen molar-refractivity contribution >= 4 is 21.6 Å². The highest BCUT2D eigenvalue weighted by molar-refractivity contribution is 9.10. The van der Waals surface area contributed by atoms with Gasteiger partial charge in [-0.05, 0) is 43.4 Å². The third kappa shape index (κ3) is 3.27. The summed E-state index contributed by atoms with van der Waals surface area (Å²) in [7, 11) is 0. The lowest BCUT2D eigenvalue weighted by molar-refractivity contribution is 0.603. The molecule has 1 fully saturated rings. The Labute approximate surface area is 119 Å². The van der Waals surface area contributed by atoms with E-state index >= 15 is 0 Å². The van der Waals surface area contributed by atoms with Gasteiger partial charge in [-0.2, -0.15) is 0 Å². The Bertz CT molecular complexity index is 411. The van der Waals surface area contributed by atoms with Crippen LogP contribution in [0.4, 0.5) is 5.69 Å².